The van der Waals surface area contributed by atoms with Crippen LogP contribution in [0, 0.1) is 5.92 Å². The average molecular weight is 354 g/mol. The van der Waals surface area contributed by atoms with Crippen LogP contribution in [0.4, 0.5) is 0 Å². The highest BCUT2D eigenvalue weighted by Crippen LogP contribution is 2.29. The van der Waals surface area contributed by atoms with E-state index in [0.29, 0.717) is 12.3 Å². The number of nitrogens with zero attached hydrogens (tertiary/aromatic N) is 2. The summed E-state index contributed by atoms with van der Waals surface area (Å²) in [6.07, 6.45) is 7.40. The van der Waals surface area contributed by atoms with Crippen LogP contribution in [-0.2, 0) is 14.3 Å². The van der Waals surface area contributed by atoms with E-state index in [0.717, 1.165) is 51.9 Å². The molecule has 4 fully saturated rings. The summed E-state index contributed by atoms with van der Waals surface area (Å²) >= 11 is 0. The quantitative estimate of drug-likeness (QED) is 0.523. The Labute approximate surface area is 152 Å². The molecule has 6 heteroatoms. The zero-order valence-corrected chi connectivity index (χ0v) is 15.7. The van der Waals surface area contributed by atoms with Crippen molar-refractivity contribution in [2.75, 3.05) is 46.4 Å². The zero-order chi connectivity index (χ0) is 17.6. The molecule has 25 heavy (non-hydrogen) atoms. The molecule has 0 radical (unpaired) electrons. The number of fused-ring (bicyclic) bond motifs is 3. The first-order valence-corrected chi connectivity index (χ1v) is 10.1. The Hall–Kier alpha value is -0.690. The predicted molar refractivity (Wildman–Crippen MR) is 97.3 cm³/mol. The number of likely N-dealkylation sites (tertiary alicyclic amines) is 1. The zero-order valence-electron chi connectivity index (χ0n) is 15.7. The monoisotopic (exact) mass is 353 g/mol. The second-order valence-corrected chi connectivity index (χ2v) is 8.00. The standard InChI is InChI=1S/C19H35N3O3/c1-24-18-14-21(12-8-16(18)20)9-4-2-3-5-19(23)25-17-13-22-10-6-15(17)7-11-22/h15-18H,2-14,20H2,1H3. The van der Waals surface area contributed by atoms with Crippen molar-refractivity contribution >= 4 is 5.97 Å². The van der Waals surface area contributed by atoms with Gasteiger partial charge in [0, 0.05) is 32.7 Å². The summed E-state index contributed by atoms with van der Waals surface area (Å²) in [6, 6.07) is 0.169. The molecular formula is C19H35N3O3. The molecule has 3 unspecified atom stereocenters. The summed E-state index contributed by atoms with van der Waals surface area (Å²) in [7, 11) is 1.74. The summed E-state index contributed by atoms with van der Waals surface area (Å²) in [4.78, 5) is 16.9. The molecule has 2 bridgehead atoms. The van der Waals surface area contributed by atoms with Gasteiger partial charge < -0.3 is 20.1 Å². The normalized spacial score (nSPS) is 35.7. The van der Waals surface area contributed by atoms with Crippen LogP contribution in [0.5, 0.6) is 0 Å². The number of piperidine rings is 4. The van der Waals surface area contributed by atoms with Gasteiger partial charge in [-0.25, -0.2) is 0 Å². The maximum absolute atomic E-state index is 12.1. The maximum atomic E-state index is 12.1. The second kappa shape index (κ2) is 9.31. The minimum absolute atomic E-state index is 0.00198. The van der Waals surface area contributed by atoms with Gasteiger partial charge in [0.1, 0.15) is 6.10 Å². The van der Waals surface area contributed by atoms with Gasteiger partial charge >= 0.3 is 5.97 Å². The van der Waals surface area contributed by atoms with Gasteiger partial charge in [-0.2, -0.15) is 0 Å². The minimum atomic E-state index is 0.00198. The number of ether oxygens (including phenoxy) is 2. The number of nitrogens with two attached hydrogens (primary N) is 1. The van der Waals surface area contributed by atoms with E-state index < -0.39 is 0 Å². The van der Waals surface area contributed by atoms with Gasteiger partial charge in [0.15, 0.2) is 0 Å². The Morgan fingerprint density at radius 3 is 2.52 bits per heavy atom. The fraction of sp³-hybridized carbons (Fsp3) is 0.947. The molecule has 4 saturated heterocycles. The van der Waals surface area contributed by atoms with Crippen molar-refractivity contribution < 1.29 is 14.3 Å². The van der Waals surface area contributed by atoms with Gasteiger partial charge in [-0.1, -0.05) is 6.42 Å². The molecule has 0 amide bonds. The molecule has 0 aromatic rings. The van der Waals surface area contributed by atoms with Crippen molar-refractivity contribution in [1.29, 1.82) is 0 Å². The van der Waals surface area contributed by atoms with Crippen molar-refractivity contribution in [2.45, 2.75) is 63.2 Å². The molecule has 4 heterocycles. The summed E-state index contributed by atoms with van der Waals surface area (Å²) in [5, 5.41) is 0. The lowest BCUT2D eigenvalue weighted by Crippen LogP contribution is -2.51. The first-order chi connectivity index (χ1) is 12.2. The Bertz CT molecular complexity index is 426. The number of carbonyl (C=O) groups is 1. The molecule has 4 aliphatic heterocycles. The number of rotatable bonds is 8. The Kier molecular flexibility index (Phi) is 7.10. The molecule has 2 N–H and O–H groups in total. The second-order valence-electron chi connectivity index (χ2n) is 8.00. The molecule has 144 valence electrons. The van der Waals surface area contributed by atoms with Crippen LogP contribution < -0.4 is 5.73 Å². The number of unbranched alkanes of at least 4 members (excludes halogenated alkanes) is 2. The van der Waals surface area contributed by atoms with Gasteiger partial charge in [-0.15, -0.1) is 0 Å². The Morgan fingerprint density at radius 1 is 1.04 bits per heavy atom. The van der Waals surface area contributed by atoms with E-state index in [-0.39, 0.29) is 24.2 Å². The predicted octanol–water partition coefficient (Wildman–Crippen LogP) is 1.23. The summed E-state index contributed by atoms with van der Waals surface area (Å²) < 4.78 is 11.2. The van der Waals surface area contributed by atoms with E-state index in [9.17, 15) is 4.79 Å². The number of hydrogen-bond donors (Lipinski definition) is 1. The molecule has 0 aromatic carbocycles. The van der Waals surface area contributed by atoms with Crippen LogP contribution in [0.15, 0.2) is 0 Å². The van der Waals surface area contributed by atoms with E-state index in [1.54, 1.807) is 7.11 Å². The number of esters is 1. The van der Waals surface area contributed by atoms with Crippen LogP contribution in [0.2, 0.25) is 0 Å². The largest absolute Gasteiger partial charge is 0.461 e. The molecule has 3 atom stereocenters. The first-order valence-electron chi connectivity index (χ1n) is 10.1. The molecule has 0 aromatic heterocycles. The Balaban J connectivity index is 1.24. The van der Waals surface area contributed by atoms with Crippen molar-refractivity contribution in [1.82, 2.24) is 9.80 Å². The summed E-state index contributed by atoms with van der Waals surface area (Å²) in [6.45, 7) is 6.38. The summed E-state index contributed by atoms with van der Waals surface area (Å²) in [5.74, 6) is 0.607. The van der Waals surface area contributed by atoms with Crippen molar-refractivity contribution in [3.05, 3.63) is 0 Å². The van der Waals surface area contributed by atoms with Crippen LogP contribution in [-0.4, -0.2) is 80.4 Å². The van der Waals surface area contributed by atoms with E-state index in [1.165, 1.54) is 25.9 Å². The number of hydrogen-bond acceptors (Lipinski definition) is 6. The minimum Gasteiger partial charge on any atom is -0.461 e. The molecule has 6 nitrogen and oxygen atoms in total. The number of methoxy groups -OCH3 is 1. The third kappa shape index (κ3) is 5.39. The third-order valence-corrected chi connectivity index (χ3v) is 6.23. The van der Waals surface area contributed by atoms with Gasteiger partial charge in [0.2, 0.25) is 0 Å². The maximum Gasteiger partial charge on any atom is 0.306 e. The highest BCUT2D eigenvalue weighted by molar-refractivity contribution is 5.69. The molecule has 0 spiro atoms. The molecular weight excluding hydrogens is 318 g/mol. The van der Waals surface area contributed by atoms with E-state index in [2.05, 4.69) is 9.80 Å². The smallest absolute Gasteiger partial charge is 0.306 e. The first kappa shape index (κ1) is 19.1. The topological polar surface area (TPSA) is 68.0 Å². The lowest BCUT2D eigenvalue weighted by molar-refractivity contribution is -0.158. The fourth-order valence-corrected chi connectivity index (χ4v) is 4.50. The van der Waals surface area contributed by atoms with E-state index >= 15 is 0 Å². The lowest BCUT2D eigenvalue weighted by Gasteiger charge is -2.43. The molecule has 4 aliphatic rings. The van der Waals surface area contributed by atoms with E-state index in [1.807, 2.05) is 0 Å². The van der Waals surface area contributed by atoms with Crippen molar-refractivity contribution in [2.24, 2.45) is 11.7 Å². The highest BCUT2D eigenvalue weighted by atomic mass is 16.5. The van der Waals surface area contributed by atoms with Gasteiger partial charge in [-0.05, 0) is 64.2 Å². The van der Waals surface area contributed by atoms with Crippen LogP contribution in [0.3, 0.4) is 0 Å². The van der Waals surface area contributed by atoms with Crippen LogP contribution >= 0.6 is 0 Å². The number of carbonyl (C=O) groups excluding carboxylic acids is 1. The van der Waals surface area contributed by atoms with Crippen molar-refractivity contribution in [3.8, 4) is 0 Å². The summed E-state index contributed by atoms with van der Waals surface area (Å²) in [5.41, 5.74) is 6.05. The molecule has 0 aliphatic carbocycles. The molecule has 0 saturated carbocycles. The van der Waals surface area contributed by atoms with Gasteiger partial charge in [0.25, 0.3) is 0 Å². The van der Waals surface area contributed by atoms with Crippen molar-refractivity contribution in [3.63, 3.8) is 0 Å². The molecule has 4 rings (SSSR count). The average Bonchev–Trinajstić information content (AvgIpc) is 2.63. The van der Waals surface area contributed by atoms with Crippen LogP contribution in [0.25, 0.3) is 0 Å². The lowest BCUT2D eigenvalue weighted by atomic mass is 9.86. The SMILES string of the molecule is COC1CN(CCCCCC(=O)OC2CN3CCC2CC3)CCC1N. The third-order valence-electron chi connectivity index (χ3n) is 6.23. The van der Waals surface area contributed by atoms with Crippen LogP contribution in [0.1, 0.15) is 44.9 Å². The van der Waals surface area contributed by atoms with E-state index in [4.69, 9.17) is 15.2 Å². The fourth-order valence-electron chi connectivity index (χ4n) is 4.50. The van der Waals surface area contributed by atoms with Gasteiger partial charge in [-0.3, -0.25) is 9.69 Å². The highest BCUT2D eigenvalue weighted by Gasteiger charge is 2.36. The van der Waals surface area contributed by atoms with Gasteiger partial charge in [0.05, 0.1) is 6.10 Å². The Morgan fingerprint density at radius 2 is 1.84 bits per heavy atom.